The average molecular weight is 271 g/mol. The van der Waals surface area contributed by atoms with Gasteiger partial charge in [0, 0.05) is 12.1 Å². The molecule has 1 aliphatic heterocycles. The number of hydrogen-bond acceptors (Lipinski definition) is 2. The van der Waals surface area contributed by atoms with E-state index in [-0.39, 0.29) is 23.9 Å². The lowest BCUT2D eigenvalue weighted by Gasteiger charge is -2.38. The van der Waals surface area contributed by atoms with Crippen LogP contribution in [0.5, 0.6) is 0 Å². The van der Waals surface area contributed by atoms with Crippen LogP contribution in [0.1, 0.15) is 32.6 Å². The highest BCUT2D eigenvalue weighted by atomic mass is 35.5. The third-order valence-corrected chi connectivity index (χ3v) is 3.72. The fraction of sp³-hybridized carbons (Fsp3) is 0.692. The SMILES string of the molecule is CCCC1NC(=O)C(C2CC2)N(C/C=C/Cl)C1=O. The number of carbonyl (C=O) groups excluding carboxylic acids is 2. The number of nitrogens with zero attached hydrogens (tertiary/aromatic N) is 1. The summed E-state index contributed by atoms with van der Waals surface area (Å²) in [4.78, 5) is 26.2. The van der Waals surface area contributed by atoms with Crippen molar-refractivity contribution in [2.45, 2.75) is 44.7 Å². The number of piperazine rings is 1. The highest BCUT2D eigenvalue weighted by Crippen LogP contribution is 2.37. The van der Waals surface area contributed by atoms with E-state index in [2.05, 4.69) is 5.32 Å². The predicted molar refractivity (Wildman–Crippen MR) is 70.1 cm³/mol. The topological polar surface area (TPSA) is 49.4 Å². The molecule has 100 valence electrons. The van der Waals surface area contributed by atoms with Crippen LogP contribution in [0.4, 0.5) is 0 Å². The molecule has 2 amide bonds. The van der Waals surface area contributed by atoms with Gasteiger partial charge in [0.25, 0.3) is 0 Å². The molecule has 1 N–H and O–H groups in total. The molecule has 2 atom stereocenters. The first-order valence-electron chi connectivity index (χ1n) is 6.55. The van der Waals surface area contributed by atoms with Gasteiger partial charge in [0.2, 0.25) is 11.8 Å². The number of halogens is 1. The van der Waals surface area contributed by atoms with Crippen LogP contribution >= 0.6 is 11.6 Å². The quantitative estimate of drug-likeness (QED) is 0.826. The summed E-state index contributed by atoms with van der Waals surface area (Å²) in [6.07, 6.45) is 5.36. The molecule has 5 heteroatoms. The first-order valence-corrected chi connectivity index (χ1v) is 6.98. The summed E-state index contributed by atoms with van der Waals surface area (Å²) >= 11 is 5.53. The molecule has 0 bridgehead atoms. The van der Waals surface area contributed by atoms with Gasteiger partial charge in [-0.3, -0.25) is 9.59 Å². The molecule has 0 aromatic carbocycles. The van der Waals surface area contributed by atoms with Crippen molar-refractivity contribution >= 4 is 23.4 Å². The maximum atomic E-state index is 12.3. The minimum Gasteiger partial charge on any atom is -0.342 e. The van der Waals surface area contributed by atoms with E-state index >= 15 is 0 Å². The zero-order chi connectivity index (χ0) is 13.1. The largest absolute Gasteiger partial charge is 0.342 e. The van der Waals surface area contributed by atoms with Gasteiger partial charge in [-0.25, -0.2) is 0 Å². The van der Waals surface area contributed by atoms with Gasteiger partial charge < -0.3 is 10.2 Å². The third-order valence-electron chi connectivity index (χ3n) is 3.54. The minimum atomic E-state index is -0.360. The van der Waals surface area contributed by atoms with E-state index in [1.807, 2.05) is 6.92 Å². The Bertz CT molecular complexity index is 366. The molecule has 2 rings (SSSR count). The molecule has 18 heavy (non-hydrogen) atoms. The van der Waals surface area contributed by atoms with Crippen LogP contribution in [0.15, 0.2) is 11.6 Å². The lowest BCUT2D eigenvalue weighted by atomic mass is 10.0. The molecule has 1 saturated carbocycles. The van der Waals surface area contributed by atoms with Crippen molar-refractivity contribution in [1.82, 2.24) is 10.2 Å². The Morgan fingerprint density at radius 1 is 1.44 bits per heavy atom. The molecule has 2 fully saturated rings. The first-order chi connectivity index (χ1) is 8.69. The Hall–Kier alpha value is -1.03. The van der Waals surface area contributed by atoms with Gasteiger partial charge in [-0.05, 0) is 25.2 Å². The van der Waals surface area contributed by atoms with Crippen molar-refractivity contribution < 1.29 is 9.59 Å². The number of amides is 2. The highest BCUT2D eigenvalue weighted by molar-refractivity contribution is 6.25. The zero-order valence-corrected chi connectivity index (χ0v) is 11.3. The second kappa shape index (κ2) is 5.74. The summed E-state index contributed by atoms with van der Waals surface area (Å²) in [5.41, 5.74) is 1.40. The average Bonchev–Trinajstić information content (AvgIpc) is 3.16. The second-order valence-electron chi connectivity index (χ2n) is 4.98. The van der Waals surface area contributed by atoms with Crippen LogP contribution in [0, 0.1) is 5.92 Å². The number of nitrogens with one attached hydrogen (secondary N) is 1. The van der Waals surface area contributed by atoms with Gasteiger partial charge in [-0.1, -0.05) is 31.0 Å². The van der Waals surface area contributed by atoms with Crippen molar-refractivity contribution in [3.8, 4) is 0 Å². The van der Waals surface area contributed by atoms with Gasteiger partial charge in [0.1, 0.15) is 12.1 Å². The van der Waals surface area contributed by atoms with Crippen molar-refractivity contribution in [3.05, 3.63) is 11.6 Å². The number of rotatable bonds is 5. The number of hydrogen-bond donors (Lipinski definition) is 1. The molecule has 0 aromatic heterocycles. The van der Waals surface area contributed by atoms with Gasteiger partial charge in [0.15, 0.2) is 0 Å². The normalized spacial score (nSPS) is 28.9. The molecule has 0 spiro atoms. The summed E-state index contributed by atoms with van der Waals surface area (Å²) in [5, 5.41) is 2.86. The summed E-state index contributed by atoms with van der Waals surface area (Å²) in [5.74, 6) is 0.363. The van der Waals surface area contributed by atoms with E-state index in [9.17, 15) is 9.59 Å². The Morgan fingerprint density at radius 3 is 2.72 bits per heavy atom. The molecular formula is C13H19ClN2O2. The monoisotopic (exact) mass is 270 g/mol. The van der Waals surface area contributed by atoms with Crippen LogP contribution < -0.4 is 5.32 Å². The predicted octanol–water partition coefficient (Wildman–Crippen LogP) is 1.64. The second-order valence-corrected chi connectivity index (χ2v) is 5.24. The summed E-state index contributed by atoms with van der Waals surface area (Å²) in [6, 6.07) is -0.653. The number of carbonyl (C=O) groups is 2. The van der Waals surface area contributed by atoms with Crippen LogP contribution in [-0.4, -0.2) is 35.3 Å². The van der Waals surface area contributed by atoms with Crippen molar-refractivity contribution in [3.63, 3.8) is 0 Å². The Kier molecular flexibility index (Phi) is 4.27. The Labute approximate surface area is 112 Å². The minimum absolute atomic E-state index is 0.00137. The van der Waals surface area contributed by atoms with Crippen molar-refractivity contribution in [1.29, 1.82) is 0 Å². The van der Waals surface area contributed by atoms with Crippen molar-refractivity contribution in [2.75, 3.05) is 6.54 Å². The van der Waals surface area contributed by atoms with E-state index in [1.165, 1.54) is 5.54 Å². The molecule has 1 saturated heterocycles. The van der Waals surface area contributed by atoms with Gasteiger partial charge >= 0.3 is 0 Å². The molecule has 0 aromatic rings. The highest BCUT2D eigenvalue weighted by Gasteiger charge is 2.47. The fourth-order valence-electron chi connectivity index (χ4n) is 2.52. The molecular weight excluding hydrogens is 252 g/mol. The van der Waals surface area contributed by atoms with Crippen LogP contribution in [0.3, 0.4) is 0 Å². The van der Waals surface area contributed by atoms with E-state index in [4.69, 9.17) is 11.6 Å². The Morgan fingerprint density at radius 2 is 2.17 bits per heavy atom. The molecule has 2 aliphatic rings. The molecule has 4 nitrogen and oxygen atoms in total. The fourth-order valence-corrected chi connectivity index (χ4v) is 2.60. The van der Waals surface area contributed by atoms with E-state index in [0.29, 0.717) is 18.9 Å². The van der Waals surface area contributed by atoms with Gasteiger partial charge in [-0.15, -0.1) is 0 Å². The molecule has 1 heterocycles. The smallest absolute Gasteiger partial charge is 0.246 e. The summed E-state index contributed by atoms with van der Waals surface area (Å²) < 4.78 is 0. The molecule has 2 unspecified atom stereocenters. The summed E-state index contributed by atoms with van der Waals surface area (Å²) in [7, 11) is 0. The first kappa shape index (κ1) is 13.4. The van der Waals surface area contributed by atoms with Crippen LogP contribution in [0.2, 0.25) is 0 Å². The molecule has 0 radical (unpaired) electrons. The van der Waals surface area contributed by atoms with Crippen molar-refractivity contribution in [2.24, 2.45) is 5.92 Å². The lowest BCUT2D eigenvalue weighted by Crippen LogP contribution is -2.63. The lowest BCUT2D eigenvalue weighted by molar-refractivity contribution is -0.149. The maximum Gasteiger partial charge on any atom is 0.246 e. The zero-order valence-electron chi connectivity index (χ0n) is 10.6. The van der Waals surface area contributed by atoms with E-state index < -0.39 is 0 Å². The summed E-state index contributed by atoms with van der Waals surface area (Å²) in [6.45, 7) is 2.44. The standard InChI is InChI=1S/C13H19ClN2O2/c1-2-4-10-13(18)16(8-3-7-14)11(9-5-6-9)12(17)15-10/h3,7,9-11H,2,4-6,8H2,1H3,(H,15,17)/b7-3+. The van der Waals surface area contributed by atoms with Crippen LogP contribution in [-0.2, 0) is 9.59 Å². The van der Waals surface area contributed by atoms with Gasteiger partial charge in [-0.2, -0.15) is 0 Å². The molecule has 1 aliphatic carbocycles. The van der Waals surface area contributed by atoms with E-state index in [1.54, 1.807) is 11.0 Å². The Balaban J connectivity index is 2.15. The van der Waals surface area contributed by atoms with Crippen LogP contribution in [0.25, 0.3) is 0 Å². The third kappa shape index (κ3) is 2.69. The van der Waals surface area contributed by atoms with Gasteiger partial charge in [0.05, 0.1) is 0 Å². The maximum absolute atomic E-state index is 12.3. The van der Waals surface area contributed by atoms with E-state index in [0.717, 1.165) is 19.3 Å².